The summed E-state index contributed by atoms with van der Waals surface area (Å²) >= 11 is 6.05. The Labute approximate surface area is 249 Å². The molecule has 2 heterocycles. The highest BCUT2D eigenvalue weighted by Gasteiger charge is 2.49. The van der Waals surface area contributed by atoms with Crippen LogP contribution in [0.4, 0.5) is 0 Å². The van der Waals surface area contributed by atoms with Gasteiger partial charge < -0.3 is 29.5 Å². The van der Waals surface area contributed by atoms with Crippen molar-refractivity contribution in [2.45, 2.75) is 45.5 Å². The summed E-state index contributed by atoms with van der Waals surface area (Å²) in [7, 11) is 0. The van der Waals surface area contributed by atoms with E-state index in [1.807, 2.05) is 0 Å². The Bertz CT molecular complexity index is 1620. The molecular formula is C29H29ClN2O11. The van der Waals surface area contributed by atoms with Gasteiger partial charge in [-0.05, 0) is 43.2 Å². The predicted molar refractivity (Wildman–Crippen MR) is 150 cm³/mol. The van der Waals surface area contributed by atoms with Gasteiger partial charge in [0, 0.05) is 36.3 Å². The number of ether oxygens (including phenoxy) is 3. The Morgan fingerprint density at radius 2 is 1.60 bits per heavy atom. The molecule has 4 rings (SSSR count). The van der Waals surface area contributed by atoms with Crippen molar-refractivity contribution in [1.29, 1.82) is 0 Å². The number of hydrogen-bond acceptors (Lipinski definition) is 9. The van der Waals surface area contributed by atoms with Gasteiger partial charge in [0.2, 0.25) is 6.29 Å². The number of halogens is 1. The second kappa shape index (κ2) is 13.2. The van der Waals surface area contributed by atoms with E-state index >= 15 is 0 Å². The fourth-order valence-corrected chi connectivity index (χ4v) is 5.66. The summed E-state index contributed by atoms with van der Waals surface area (Å²) in [5.41, 5.74) is 0.427. The van der Waals surface area contributed by atoms with Crippen molar-refractivity contribution in [2.75, 3.05) is 6.61 Å². The summed E-state index contributed by atoms with van der Waals surface area (Å²) in [5, 5.41) is 29.6. The lowest BCUT2D eigenvalue weighted by Crippen LogP contribution is -2.53. The van der Waals surface area contributed by atoms with Gasteiger partial charge in [-0.1, -0.05) is 17.7 Å². The van der Waals surface area contributed by atoms with Crippen molar-refractivity contribution >= 4 is 46.4 Å². The average Bonchev–Trinajstić information content (AvgIpc) is 2.90. The standard InChI is InChI=1S/C29H29ClN2O11/c1-14-31-23-8-16(30)6-7-19(23)28(40)32(14)17-4-3-5-18(9-17)42-29-22(12-27(38)39)20(10-25(34)35)21(11-26(36)37)24(43-29)13-41-15(2)33/h3-9,20-22,24,29H,10-13H2,1-2H3,(H,34,35)(H,36,37)(H,38,39)/t20-,21+,22+,24-,29-/m1/s1. The zero-order valence-electron chi connectivity index (χ0n) is 23.1. The summed E-state index contributed by atoms with van der Waals surface area (Å²) in [6, 6.07) is 11.0. The van der Waals surface area contributed by atoms with E-state index in [1.54, 1.807) is 37.3 Å². The first-order valence-corrected chi connectivity index (χ1v) is 13.6. The molecule has 5 atom stereocenters. The maximum Gasteiger partial charge on any atom is 0.303 e. The van der Waals surface area contributed by atoms with Gasteiger partial charge in [-0.2, -0.15) is 0 Å². The van der Waals surface area contributed by atoms with E-state index in [9.17, 15) is 39.3 Å². The second-order valence-corrected chi connectivity index (χ2v) is 10.6. The maximum absolute atomic E-state index is 13.4. The van der Waals surface area contributed by atoms with Crippen LogP contribution in [0.1, 0.15) is 32.0 Å². The molecule has 1 fully saturated rings. The number of rotatable bonds is 11. The van der Waals surface area contributed by atoms with Crippen molar-refractivity contribution in [3.63, 3.8) is 0 Å². The van der Waals surface area contributed by atoms with Crippen LogP contribution < -0.4 is 10.3 Å². The molecule has 0 bridgehead atoms. The lowest BCUT2D eigenvalue weighted by atomic mass is 9.71. The van der Waals surface area contributed by atoms with Crippen LogP contribution in [0.25, 0.3) is 16.6 Å². The summed E-state index contributed by atoms with van der Waals surface area (Å²) in [6.45, 7) is 2.39. The van der Waals surface area contributed by atoms with Crippen LogP contribution in [-0.2, 0) is 28.7 Å². The number of hydrogen-bond donors (Lipinski definition) is 3. The number of aliphatic carboxylic acids is 3. The van der Waals surface area contributed by atoms with E-state index in [1.165, 1.54) is 16.7 Å². The van der Waals surface area contributed by atoms with Gasteiger partial charge in [0.25, 0.3) is 5.56 Å². The molecule has 1 saturated heterocycles. The van der Waals surface area contributed by atoms with Crippen LogP contribution in [0, 0.1) is 24.7 Å². The number of carboxylic acids is 3. The highest BCUT2D eigenvalue weighted by molar-refractivity contribution is 6.31. The number of carbonyl (C=O) groups is 4. The molecule has 0 unspecified atom stereocenters. The number of carbonyl (C=O) groups excluding carboxylic acids is 1. The molecular weight excluding hydrogens is 588 g/mol. The highest BCUT2D eigenvalue weighted by atomic mass is 35.5. The smallest absolute Gasteiger partial charge is 0.303 e. The zero-order valence-corrected chi connectivity index (χ0v) is 23.9. The van der Waals surface area contributed by atoms with Crippen molar-refractivity contribution in [3.05, 3.63) is 63.7 Å². The van der Waals surface area contributed by atoms with Crippen LogP contribution in [0.5, 0.6) is 5.75 Å². The highest BCUT2D eigenvalue weighted by Crippen LogP contribution is 2.42. The summed E-state index contributed by atoms with van der Waals surface area (Å²) in [6.07, 6.45) is -4.18. The summed E-state index contributed by atoms with van der Waals surface area (Å²) < 4.78 is 18.6. The van der Waals surface area contributed by atoms with E-state index in [-0.39, 0.29) is 11.3 Å². The third kappa shape index (κ3) is 7.48. The third-order valence-corrected chi connectivity index (χ3v) is 7.48. The van der Waals surface area contributed by atoms with Crippen LogP contribution in [0.3, 0.4) is 0 Å². The molecule has 13 nitrogen and oxygen atoms in total. The lowest BCUT2D eigenvalue weighted by Gasteiger charge is -2.45. The summed E-state index contributed by atoms with van der Waals surface area (Å²) in [5.74, 6) is -7.08. The molecule has 228 valence electrons. The van der Waals surface area contributed by atoms with Gasteiger partial charge in [0.1, 0.15) is 18.2 Å². The maximum atomic E-state index is 13.4. The molecule has 3 aromatic rings. The monoisotopic (exact) mass is 616 g/mol. The normalized spacial score (nSPS) is 21.7. The molecule has 1 aromatic heterocycles. The molecule has 2 aromatic carbocycles. The fourth-order valence-electron chi connectivity index (χ4n) is 5.49. The molecule has 43 heavy (non-hydrogen) atoms. The van der Waals surface area contributed by atoms with Crippen molar-refractivity contribution in [1.82, 2.24) is 9.55 Å². The Morgan fingerprint density at radius 3 is 2.26 bits per heavy atom. The van der Waals surface area contributed by atoms with Crippen LogP contribution in [0.15, 0.2) is 47.3 Å². The Balaban J connectivity index is 1.74. The van der Waals surface area contributed by atoms with E-state index < -0.39 is 79.9 Å². The van der Waals surface area contributed by atoms with Gasteiger partial charge in [0.15, 0.2) is 0 Å². The van der Waals surface area contributed by atoms with E-state index in [0.717, 1.165) is 6.92 Å². The quantitative estimate of drug-likeness (QED) is 0.267. The lowest BCUT2D eigenvalue weighted by molar-refractivity contribution is -0.237. The number of nitrogens with zero attached hydrogens (tertiary/aromatic N) is 2. The third-order valence-electron chi connectivity index (χ3n) is 7.24. The second-order valence-electron chi connectivity index (χ2n) is 10.2. The predicted octanol–water partition coefficient (Wildman–Crippen LogP) is 3.29. The number of benzene rings is 2. The Kier molecular flexibility index (Phi) is 9.66. The van der Waals surface area contributed by atoms with Crippen LogP contribution in [-0.4, -0.2) is 67.7 Å². The van der Waals surface area contributed by atoms with Crippen molar-refractivity contribution in [2.24, 2.45) is 17.8 Å². The van der Waals surface area contributed by atoms with Crippen molar-refractivity contribution in [3.8, 4) is 11.4 Å². The topological polar surface area (TPSA) is 192 Å². The average molecular weight is 617 g/mol. The van der Waals surface area contributed by atoms with E-state index in [0.29, 0.717) is 27.4 Å². The molecule has 0 radical (unpaired) electrons. The first-order valence-electron chi connectivity index (χ1n) is 13.2. The largest absolute Gasteiger partial charge is 0.481 e. The molecule has 0 amide bonds. The van der Waals surface area contributed by atoms with Gasteiger partial charge >= 0.3 is 23.9 Å². The SMILES string of the molecule is CC(=O)OC[C@H]1O[C@@H](Oc2cccc(-n3c(C)nc4cc(Cl)ccc4c3=O)c2)[C@@H](CC(=O)O)[C@H](CC(=O)O)[C@@H]1CC(=O)O. The van der Waals surface area contributed by atoms with Gasteiger partial charge in [-0.3, -0.25) is 28.5 Å². The first-order chi connectivity index (χ1) is 20.3. The number of esters is 1. The number of carboxylic acid groups (broad SMARTS) is 3. The first kappa shape index (κ1) is 31.4. The fraction of sp³-hybridized carbons (Fsp3) is 0.379. The zero-order chi connectivity index (χ0) is 31.4. The van der Waals surface area contributed by atoms with Gasteiger partial charge in [-0.15, -0.1) is 0 Å². The van der Waals surface area contributed by atoms with E-state index in [4.69, 9.17) is 25.8 Å². The number of fused-ring (bicyclic) bond motifs is 1. The van der Waals surface area contributed by atoms with Crippen LogP contribution in [0.2, 0.25) is 5.02 Å². The molecule has 0 saturated carbocycles. The number of aryl methyl sites for hydroxylation is 1. The van der Waals surface area contributed by atoms with E-state index in [2.05, 4.69) is 4.98 Å². The van der Waals surface area contributed by atoms with Crippen molar-refractivity contribution < 1.29 is 48.7 Å². The minimum atomic E-state index is -1.36. The molecule has 3 N–H and O–H groups in total. The number of aromatic nitrogens is 2. The minimum absolute atomic E-state index is 0.150. The summed E-state index contributed by atoms with van der Waals surface area (Å²) in [4.78, 5) is 64.8. The molecule has 1 aliphatic rings. The molecule has 0 aliphatic carbocycles. The minimum Gasteiger partial charge on any atom is -0.481 e. The molecule has 14 heteroatoms. The van der Waals surface area contributed by atoms with Crippen LogP contribution >= 0.6 is 11.6 Å². The molecule has 0 spiro atoms. The Hall–Kier alpha value is -4.49. The molecule has 1 aliphatic heterocycles. The van der Waals surface area contributed by atoms with Gasteiger partial charge in [-0.25, -0.2) is 4.98 Å². The van der Waals surface area contributed by atoms with Gasteiger partial charge in [0.05, 0.1) is 35.5 Å². The Morgan fingerprint density at radius 1 is 0.953 bits per heavy atom.